The Kier molecular flexibility index (Phi) is 5.71. The van der Waals surface area contributed by atoms with Gasteiger partial charge < -0.3 is 15.6 Å². The Bertz CT molecular complexity index is 523. The molecule has 9 heteroatoms. The van der Waals surface area contributed by atoms with Crippen molar-refractivity contribution in [1.29, 1.82) is 0 Å². The van der Waals surface area contributed by atoms with E-state index in [0.29, 0.717) is 4.57 Å². The minimum Gasteiger partial charge on any atom is -0.394 e. The van der Waals surface area contributed by atoms with Gasteiger partial charge in [-0.15, -0.1) is 0 Å². The summed E-state index contributed by atoms with van der Waals surface area (Å²) in [5.41, 5.74) is 4.21. The fraction of sp³-hybridized carbons (Fsp3) is 0.455. The van der Waals surface area contributed by atoms with E-state index in [4.69, 9.17) is 15.6 Å². The van der Waals surface area contributed by atoms with Crippen molar-refractivity contribution in [3.63, 3.8) is 0 Å². The molecule has 0 saturated carbocycles. The third kappa shape index (κ3) is 3.58. The summed E-state index contributed by atoms with van der Waals surface area (Å²) in [6.45, 7) is 2.33. The number of halogens is 3. The number of ether oxygens (including phenoxy) is 1. The Balaban J connectivity index is 0.000000612. The summed E-state index contributed by atoms with van der Waals surface area (Å²) in [6.07, 6.45) is -2.54. The van der Waals surface area contributed by atoms with E-state index in [-0.39, 0.29) is 19.4 Å². The molecule has 2 heterocycles. The van der Waals surface area contributed by atoms with Crippen molar-refractivity contribution in [1.82, 2.24) is 9.55 Å². The maximum atomic E-state index is 13.5. The number of aliphatic hydroxyl groups is 1. The zero-order valence-corrected chi connectivity index (χ0v) is 10.4. The van der Waals surface area contributed by atoms with Gasteiger partial charge in [-0.25, -0.2) is 18.0 Å². The Labute approximate surface area is 112 Å². The lowest BCUT2D eigenvalue weighted by Crippen LogP contribution is -2.31. The molecule has 0 aliphatic carbocycles. The standard InChI is InChI=1S/C9H11F2N3O3.C2H3F/c10-5-1-4(3-15)17-8(5)14-2-6(11)7(12)13-9(14)16;1-2-3/h2,4-5,8,15H,1,3H2,(H2,12,13,16);2H,1H2. The lowest BCUT2D eigenvalue weighted by molar-refractivity contribution is -0.0397. The van der Waals surface area contributed by atoms with Crippen LogP contribution < -0.4 is 11.4 Å². The van der Waals surface area contributed by atoms with Crippen LogP contribution >= 0.6 is 0 Å². The molecule has 1 aliphatic rings. The highest BCUT2D eigenvalue weighted by molar-refractivity contribution is 5.26. The number of hydrogen-bond donors (Lipinski definition) is 2. The van der Waals surface area contributed by atoms with Crippen molar-refractivity contribution in [2.75, 3.05) is 12.3 Å². The molecule has 1 aromatic rings. The van der Waals surface area contributed by atoms with Gasteiger partial charge in [0.15, 0.2) is 17.9 Å². The largest absolute Gasteiger partial charge is 0.394 e. The van der Waals surface area contributed by atoms with E-state index in [1.165, 1.54) is 0 Å². The summed E-state index contributed by atoms with van der Waals surface area (Å²) < 4.78 is 42.5. The maximum absolute atomic E-state index is 13.5. The molecular formula is C11H14F3N3O3. The second kappa shape index (κ2) is 7.06. The summed E-state index contributed by atoms with van der Waals surface area (Å²) in [4.78, 5) is 14.6. The topological polar surface area (TPSA) is 90.4 Å². The van der Waals surface area contributed by atoms with Gasteiger partial charge in [0.05, 0.1) is 25.2 Å². The quantitative estimate of drug-likeness (QED) is 0.837. The zero-order valence-electron chi connectivity index (χ0n) is 10.4. The molecular weight excluding hydrogens is 279 g/mol. The SMILES string of the molecule is C=CF.Nc1nc(=O)n(C2OC(CO)CC2F)cc1F. The van der Waals surface area contributed by atoms with E-state index >= 15 is 0 Å². The predicted molar refractivity (Wildman–Crippen MR) is 64.7 cm³/mol. The molecule has 1 aliphatic heterocycles. The summed E-state index contributed by atoms with van der Waals surface area (Å²) >= 11 is 0. The van der Waals surface area contributed by atoms with Crippen molar-refractivity contribution in [3.05, 3.63) is 35.4 Å². The van der Waals surface area contributed by atoms with Crippen molar-refractivity contribution < 1.29 is 23.0 Å². The highest BCUT2D eigenvalue weighted by Gasteiger charge is 2.37. The van der Waals surface area contributed by atoms with Crippen LogP contribution in [0.2, 0.25) is 0 Å². The van der Waals surface area contributed by atoms with Gasteiger partial charge in [-0.3, -0.25) is 4.57 Å². The molecule has 3 unspecified atom stereocenters. The monoisotopic (exact) mass is 293 g/mol. The number of hydrogen-bond acceptors (Lipinski definition) is 5. The fourth-order valence-electron chi connectivity index (χ4n) is 1.70. The number of anilines is 1. The van der Waals surface area contributed by atoms with Crippen LogP contribution in [-0.2, 0) is 4.74 Å². The molecule has 6 nitrogen and oxygen atoms in total. The van der Waals surface area contributed by atoms with E-state index in [9.17, 15) is 18.0 Å². The van der Waals surface area contributed by atoms with Crippen molar-refractivity contribution in [2.24, 2.45) is 0 Å². The molecule has 1 aromatic heterocycles. The lowest BCUT2D eigenvalue weighted by Gasteiger charge is -2.16. The Hall–Kier alpha value is -1.87. The molecule has 0 radical (unpaired) electrons. The van der Waals surface area contributed by atoms with Crippen LogP contribution in [0.25, 0.3) is 0 Å². The van der Waals surface area contributed by atoms with Crippen LogP contribution in [0, 0.1) is 5.82 Å². The van der Waals surface area contributed by atoms with Crippen LogP contribution in [0.15, 0.2) is 23.9 Å². The third-order valence-electron chi connectivity index (χ3n) is 2.54. The summed E-state index contributed by atoms with van der Waals surface area (Å²) in [5.74, 6) is -1.47. The average Bonchev–Trinajstić information content (AvgIpc) is 2.76. The molecule has 1 fully saturated rings. The molecule has 3 atom stereocenters. The number of nitrogens with zero attached hydrogens (tertiary/aromatic N) is 2. The van der Waals surface area contributed by atoms with Crippen LogP contribution in [0.3, 0.4) is 0 Å². The molecule has 0 bridgehead atoms. The predicted octanol–water partition coefficient (Wildman–Crippen LogP) is 0.682. The van der Waals surface area contributed by atoms with Crippen molar-refractivity contribution in [3.8, 4) is 0 Å². The van der Waals surface area contributed by atoms with E-state index in [1.807, 2.05) is 0 Å². The molecule has 0 amide bonds. The van der Waals surface area contributed by atoms with Gasteiger partial charge in [0, 0.05) is 6.42 Å². The van der Waals surface area contributed by atoms with Gasteiger partial charge in [-0.1, -0.05) is 6.58 Å². The average molecular weight is 293 g/mol. The molecule has 0 aromatic carbocycles. The summed E-state index contributed by atoms with van der Waals surface area (Å²) in [6, 6.07) is 0. The van der Waals surface area contributed by atoms with Crippen LogP contribution in [-0.4, -0.2) is 33.5 Å². The number of aliphatic hydroxyl groups excluding tert-OH is 1. The normalized spacial score (nSPS) is 24.9. The molecule has 1 saturated heterocycles. The molecule has 20 heavy (non-hydrogen) atoms. The van der Waals surface area contributed by atoms with Crippen LogP contribution in [0.5, 0.6) is 0 Å². The van der Waals surface area contributed by atoms with Crippen LogP contribution in [0.1, 0.15) is 12.6 Å². The zero-order chi connectivity index (χ0) is 15.3. The van der Waals surface area contributed by atoms with E-state index in [2.05, 4.69) is 11.6 Å². The maximum Gasteiger partial charge on any atom is 0.351 e. The van der Waals surface area contributed by atoms with Gasteiger partial charge in [0.2, 0.25) is 0 Å². The van der Waals surface area contributed by atoms with Crippen molar-refractivity contribution >= 4 is 5.82 Å². The van der Waals surface area contributed by atoms with Gasteiger partial charge in [0.1, 0.15) is 6.17 Å². The van der Waals surface area contributed by atoms with E-state index in [1.54, 1.807) is 0 Å². The van der Waals surface area contributed by atoms with Gasteiger partial charge in [-0.2, -0.15) is 4.98 Å². The summed E-state index contributed by atoms with van der Waals surface area (Å²) in [7, 11) is 0. The third-order valence-corrected chi connectivity index (χ3v) is 2.54. The first-order chi connectivity index (χ1) is 9.44. The number of nitrogen functional groups attached to an aromatic ring is 1. The minimum atomic E-state index is -1.50. The number of alkyl halides is 1. The second-order valence-corrected chi connectivity index (χ2v) is 3.90. The lowest BCUT2D eigenvalue weighted by atomic mass is 10.2. The first kappa shape index (κ1) is 16.2. The Morgan fingerprint density at radius 1 is 1.70 bits per heavy atom. The molecule has 0 spiro atoms. The Morgan fingerprint density at radius 2 is 2.30 bits per heavy atom. The fourth-order valence-corrected chi connectivity index (χ4v) is 1.70. The van der Waals surface area contributed by atoms with Gasteiger partial charge in [-0.05, 0) is 0 Å². The van der Waals surface area contributed by atoms with Gasteiger partial charge in [0.25, 0.3) is 0 Å². The first-order valence-corrected chi connectivity index (χ1v) is 5.60. The highest BCUT2D eigenvalue weighted by atomic mass is 19.1. The molecule has 2 rings (SSSR count). The molecule has 3 N–H and O–H groups in total. The number of rotatable bonds is 2. The first-order valence-electron chi connectivity index (χ1n) is 5.60. The van der Waals surface area contributed by atoms with E-state index < -0.39 is 35.8 Å². The van der Waals surface area contributed by atoms with Crippen molar-refractivity contribution in [2.45, 2.75) is 24.9 Å². The molecule has 112 valence electrons. The smallest absolute Gasteiger partial charge is 0.351 e. The number of aromatic nitrogens is 2. The number of nitrogens with two attached hydrogens (primary N) is 1. The van der Waals surface area contributed by atoms with E-state index in [0.717, 1.165) is 6.20 Å². The minimum absolute atomic E-state index is 0.0560. The highest BCUT2D eigenvalue weighted by Crippen LogP contribution is 2.30. The van der Waals surface area contributed by atoms with Gasteiger partial charge >= 0.3 is 5.69 Å². The van der Waals surface area contributed by atoms with Crippen LogP contribution in [0.4, 0.5) is 19.0 Å². The summed E-state index contributed by atoms with van der Waals surface area (Å²) in [5, 5.41) is 8.83. The second-order valence-electron chi connectivity index (χ2n) is 3.90. The Morgan fingerprint density at radius 3 is 2.80 bits per heavy atom.